The van der Waals surface area contributed by atoms with Crippen molar-refractivity contribution in [3.8, 4) is 11.1 Å². The number of thioether (sulfide) groups is 1. The number of hydrazone groups is 1. The smallest absolute Gasteiger partial charge is 0.261 e. The zero-order chi connectivity index (χ0) is 28.3. The zero-order valence-electron chi connectivity index (χ0n) is 23.6. The largest absolute Gasteiger partial charge is 0.344 e. The molecule has 0 aliphatic carbocycles. The van der Waals surface area contributed by atoms with Gasteiger partial charge in [-0.25, -0.2) is 5.53 Å². The van der Waals surface area contributed by atoms with Crippen LogP contribution < -0.4 is 11.2 Å². The number of nitrogens with two attached hydrogens (primary N) is 1. The maximum Gasteiger partial charge on any atom is 0.261 e. The Bertz CT molecular complexity index is 1300. The fourth-order valence-corrected chi connectivity index (χ4v) is 7.11. The highest BCUT2D eigenvalue weighted by molar-refractivity contribution is 7.99. The molecule has 8 heteroatoms. The quantitative estimate of drug-likeness (QED) is 0.0690. The van der Waals surface area contributed by atoms with Gasteiger partial charge in [0.2, 0.25) is 0 Å². The standard InChI is InChI=1S/C30H39N5OS2/c1-18-15-22(16-19(2)26(18)20-9-11-21(12-10-20)29(3,4)5)37-27(30(6,7)8)23-13-14-24(38-23)28(36)33-17-25(34-31)35-32/h9-16,27,31H,17,32H2,1-8H3,(H,33,36)/b34-31?,35-25-. The van der Waals surface area contributed by atoms with Gasteiger partial charge in [-0.05, 0) is 76.8 Å². The number of carbonyl (C=O) groups is 1. The molecule has 0 fully saturated rings. The van der Waals surface area contributed by atoms with Gasteiger partial charge in [0.25, 0.3) is 5.91 Å². The number of hydrogen-bond donors (Lipinski definition) is 3. The van der Waals surface area contributed by atoms with Crippen LogP contribution in [-0.2, 0) is 5.41 Å². The highest BCUT2D eigenvalue weighted by atomic mass is 32.2. The first kappa shape index (κ1) is 29.6. The van der Waals surface area contributed by atoms with Gasteiger partial charge in [0.1, 0.15) is 0 Å². The predicted octanol–water partition coefficient (Wildman–Crippen LogP) is 8.24. The molecule has 0 aliphatic rings. The first-order valence-corrected chi connectivity index (χ1v) is 14.3. The number of carbonyl (C=O) groups excluding carboxylic acids is 1. The molecule has 202 valence electrons. The number of aryl methyl sites for hydroxylation is 2. The van der Waals surface area contributed by atoms with Crippen LogP contribution in [0.2, 0.25) is 0 Å². The van der Waals surface area contributed by atoms with Crippen LogP contribution in [0.1, 0.15) is 78.0 Å². The second-order valence-corrected chi connectivity index (χ2v) is 14.0. The minimum atomic E-state index is -0.225. The topological polar surface area (TPSA) is 104 Å². The van der Waals surface area contributed by atoms with E-state index in [1.807, 2.05) is 23.9 Å². The number of amidine groups is 1. The van der Waals surface area contributed by atoms with Crippen molar-refractivity contribution in [1.82, 2.24) is 5.32 Å². The van der Waals surface area contributed by atoms with Crippen LogP contribution in [0, 0.1) is 24.8 Å². The van der Waals surface area contributed by atoms with E-state index in [0.717, 1.165) is 4.88 Å². The Kier molecular flexibility index (Phi) is 9.21. The lowest BCUT2D eigenvalue weighted by Crippen LogP contribution is -2.28. The van der Waals surface area contributed by atoms with Crippen LogP contribution in [0.15, 0.2) is 63.6 Å². The van der Waals surface area contributed by atoms with E-state index in [9.17, 15) is 4.79 Å². The number of thiophene rings is 1. The first-order valence-electron chi connectivity index (χ1n) is 12.7. The summed E-state index contributed by atoms with van der Waals surface area (Å²) in [6.45, 7) is 17.8. The van der Waals surface area contributed by atoms with Gasteiger partial charge >= 0.3 is 0 Å². The third-order valence-electron chi connectivity index (χ3n) is 6.38. The summed E-state index contributed by atoms with van der Waals surface area (Å²) in [6, 6.07) is 17.4. The van der Waals surface area contributed by atoms with E-state index in [1.54, 1.807) is 0 Å². The zero-order valence-corrected chi connectivity index (χ0v) is 25.2. The molecule has 1 unspecified atom stereocenters. The molecule has 1 aromatic heterocycles. The molecule has 0 spiro atoms. The maximum absolute atomic E-state index is 12.7. The molecule has 2 aromatic carbocycles. The minimum Gasteiger partial charge on any atom is -0.344 e. The maximum atomic E-state index is 12.7. The van der Waals surface area contributed by atoms with E-state index in [2.05, 4.69) is 107 Å². The van der Waals surface area contributed by atoms with Crippen LogP contribution in [-0.4, -0.2) is 18.3 Å². The number of amides is 1. The van der Waals surface area contributed by atoms with Gasteiger partial charge in [0.15, 0.2) is 5.84 Å². The first-order chi connectivity index (χ1) is 17.7. The lowest BCUT2D eigenvalue weighted by atomic mass is 9.85. The summed E-state index contributed by atoms with van der Waals surface area (Å²) in [5, 5.41) is 9.47. The van der Waals surface area contributed by atoms with E-state index in [4.69, 9.17) is 11.4 Å². The Morgan fingerprint density at radius 2 is 1.63 bits per heavy atom. The Morgan fingerprint density at radius 3 is 2.13 bits per heavy atom. The Balaban J connectivity index is 1.85. The molecule has 3 aromatic rings. The molecule has 38 heavy (non-hydrogen) atoms. The number of nitrogens with one attached hydrogen (secondary N) is 2. The van der Waals surface area contributed by atoms with E-state index in [0.29, 0.717) is 4.88 Å². The van der Waals surface area contributed by atoms with E-state index < -0.39 is 0 Å². The Hall–Kier alpha value is -2.97. The third-order valence-corrected chi connectivity index (χ3v) is 9.38. The van der Waals surface area contributed by atoms with Crippen molar-refractivity contribution < 1.29 is 4.79 Å². The number of nitrogens with zero attached hydrogens (tertiary/aromatic N) is 2. The highest BCUT2D eigenvalue weighted by Gasteiger charge is 2.30. The van der Waals surface area contributed by atoms with E-state index in [-0.39, 0.29) is 34.4 Å². The number of rotatable bonds is 7. The van der Waals surface area contributed by atoms with Crippen molar-refractivity contribution >= 4 is 34.8 Å². The molecule has 0 aliphatic heterocycles. The highest BCUT2D eigenvalue weighted by Crippen LogP contribution is 2.50. The van der Waals surface area contributed by atoms with Gasteiger partial charge in [-0.1, -0.05) is 65.8 Å². The average molecular weight is 550 g/mol. The van der Waals surface area contributed by atoms with Crippen LogP contribution in [0.5, 0.6) is 0 Å². The van der Waals surface area contributed by atoms with Crippen molar-refractivity contribution in [3.05, 3.63) is 75.0 Å². The van der Waals surface area contributed by atoms with Gasteiger partial charge in [0.05, 0.1) is 11.4 Å². The molecule has 3 rings (SSSR count). The van der Waals surface area contributed by atoms with Crippen LogP contribution >= 0.6 is 23.1 Å². The Labute approximate surface area is 235 Å². The molecule has 0 bridgehead atoms. The van der Waals surface area contributed by atoms with E-state index in [1.165, 1.54) is 44.0 Å². The normalized spacial score (nSPS) is 13.3. The molecule has 1 atom stereocenters. The van der Waals surface area contributed by atoms with Crippen LogP contribution in [0.3, 0.4) is 0 Å². The average Bonchev–Trinajstić information content (AvgIpc) is 3.31. The lowest BCUT2D eigenvalue weighted by molar-refractivity contribution is 0.0963. The second-order valence-electron chi connectivity index (χ2n) is 11.7. The fourth-order valence-electron chi connectivity index (χ4n) is 4.36. The van der Waals surface area contributed by atoms with Crippen LogP contribution in [0.4, 0.5) is 0 Å². The number of hydrogen-bond acceptors (Lipinski definition) is 6. The van der Waals surface area contributed by atoms with Crippen molar-refractivity contribution in [1.29, 1.82) is 5.53 Å². The molecule has 1 amide bonds. The summed E-state index contributed by atoms with van der Waals surface area (Å²) < 4.78 is 0. The van der Waals surface area contributed by atoms with Gasteiger partial charge in [-0.2, -0.15) is 5.10 Å². The molecule has 0 radical (unpaired) electrons. The van der Waals surface area contributed by atoms with Gasteiger partial charge in [0, 0.05) is 15.0 Å². The van der Waals surface area contributed by atoms with Crippen molar-refractivity contribution in [2.75, 3.05) is 6.54 Å². The molecule has 6 nitrogen and oxygen atoms in total. The minimum absolute atomic E-state index is 0.0212. The van der Waals surface area contributed by atoms with Crippen molar-refractivity contribution in [3.63, 3.8) is 0 Å². The van der Waals surface area contributed by atoms with Crippen molar-refractivity contribution in [2.24, 2.45) is 21.5 Å². The SMILES string of the molecule is Cc1cc(SC(c2ccc(C(=O)NC/C(N=N)=N/N)s2)C(C)(C)C)cc(C)c1-c1ccc(C(C)(C)C)cc1. The summed E-state index contributed by atoms with van der Waals surface area (Å²) in [6.07, 6.45) is 0. The molecular weight excluding hydrogens is 510 g/mol. The lowest BCUT2D eigenvalue weighted by Gasteiger charge is -2.30. The summed E-state index contributed by atoms with van der Waals surface area (Å²) >= 11 is 3.33. The fraction of sp³-hybridized carbons (Fsp3) is 0.400. The molecule has 1 heterocycles. The monoisotopic (exact) mass is 549 g/mol. The Morgan fingerprint density at radius 1 is 1.03 bits per heavy atom. The molecule has 0 saturated carbocycles. The second kappa shape index (κ2) is 11.8. The van der Waals surface area contributed by atoms with Crippen molar-refractivity contribution in [2.45, 2.75) is 71.0 Å². The summed E-state index contributed by atoms with van der Waals surface area (Å²) in [4.78, 5) is 15.6. The van der Waals surface area contributed by atoms with Gasteiger partial charge in [-0.15, -0.1) is 28.2 Å². The van der Waals surface area contributed by atoms with Gasteiger partial charge < -0.3 is 11.2 Å². The third kappa shape index (κ3) is 7.11. The van der Waals surface area contributed by atoms with Gasteiger partial charge in [-0.3, -0.25) is 4.79 Å². The summed E-state index contributed by atoms with van der Waals surface area (Å²) in [7, 11) is 0. The summed E-state index contributed by atoms with van der Waals surface area (Å²) in [5.74, 6) is 5.02. The predicted molar refractivity (Wildman–Crippen MR) is 162 cm³/mol. The molecular formula is C30H39N5OS2. The molecule has 4 N–H and O–H groups in total. The summed E-state index contributed by atoms with van der Waals surface area (Å²) in [5.41, 5.74) is 13.5. The van der Waals surface area contributed by atoms with E-state index >= 15 is 0 Å². The van der Waals surface area contributed by atoms with Crippen LogP contribution in [0.25, 0.3) is 11.1 Å². The molecule has 0 saturated heterocycles. The number of benzene rings is 2.